The molecule has 0 saturated heterocycles. The fourth-order valence-corrected chi connectivity index (χ4v) is 3.91. The summed E-state index contributed by atoms with van der Waals surface area (Å²) >= 11 is 0. The molecule has 5 heteroatoms. The quantitative estimate of drug-likeness (QED) is 0.307. The minimum atomic E-state index is -0.651. The molecule has 0 aliphatic carbocycles. The first-order valence-electron chi connectivity index (χ1n) is 11.6. The molecule has 0 aliphatic heterocycles. The molecule has 0 aliphatic rings. The van der Waals surface area contributed by atoms with Crippen LogP contribution < -0.4 is 5.32 Å². The lowest BCUT2D eigenvalue weighted by Gasteiger charge is -2.42. The zero-order valence-electron chi connectivity index (χ0n) is 20.7. The van der Waals surface area contributed by atoms with E-state index < -0.39 is 11.6 Å². The number of amidine groups is 1. The number of aliphatic hydroxyl groups is 1. The molecule has 0 amide bonds. The molecule has 0 saturated carbocycles. The minimum Gasteiger partial charge on any atom is -0.458 e. The maximum atomic E-state index is 14.4. The maximum Gasteiger partial charge on any atom is 0.285 e. The van der Waals surface area contributed by atoms with E-state index in [1.54, 1.807) is 25.2 Å². The Balaban J connectivity index is 1.80. The van der Waals surface area contributed by atoms with Crippen molar-refractivity contribution in [3.05, 3.63) is 95.8 Å². The number of nitrogens with one attached hydrogen (secondary N) is 1. The lowest BCUT2D eigenvalue weighted by atomic mass is 9.71. The molecule has 3 aromatic carbocycles. The molecule has 1 atom stereocenters. The summed E-state index contributed by atoms with van der Waals surface area (Å²) in [5.41, 5.74) is 2.92. The average molecular weight is 463 g/mol. The van der Waals surface area contributed by atoms with Gasteiger partial charge in [-0.05, 0) is 43.0 Å². The number of nitrogens with zero attached hydrogens (tertiary/aromatic N) is 1. The molecule has 4 nitrogen and oxygen atoms in total. The van der Waals surface area contributed by atoms with Crippen molar-refractivity contribution in [1.82, 2.24) is 5.32 Å². The molecule has 0 aromatic heterocycles. The summed E-state index contributed by atoms with van der Waals surface area (Å²) in [6.07, 6.45) is 0.327. The van der Waals surface area contributed by atoms with Gasteiger partial charge in [-0.3, -0.25) is 0 Å². The van der Waals surface area contributed by atoms with E-state index in [1.165, 1.54) is 11.6 Å². The van der Waals surface area contributed by atoms with Gasteiger partial charge in [-0.2, -0.15) is 0 Å². The molecule has 0 unspecified atom stereocenters. The first-order chi connectivity index (χ1) is 16.2. The molecule has 3 aromatic rings. The van der Waals surface area contributed by atoms with Crippen LogP contribution >= 0.6 is 0 Å². The van der Waals surface area contributed by atoms with Gasteiger partial charge in [0.1, 0.15) is 11.4 Å². The molecule has 0 heterocycles. The second kappa shape index (κ2) is 10.8. The highest BCUT2D eigenvalue weighted by Crippen LogP contribution is 2.38. The lowest BCUT2D eigenvalue weighted by Crippen LogP contribution is -2.49. The van der Waals surface area contributed by atoms with Crippen molar-refractivity contribution in [2.45, 2.75) is 51.2 Å². The number of aliphatic imine (C=N–C) groups is 1. The van der Waals surface area contributed by atoms with Crippen LogP contribution in [0.25, 0.3) is 11.1 Å². The van der Waals surface area contributed by atoms with Gasteiger partial charge in [0.15, 0.2) is 0 Å². The minimum absolute atomic E-state index is 0.0916. The van der Waals surface area contributed by atoms with Crippen LogP contribution in [0.1, 0.15) is 51.3 Å². The Morgan fingerprint density at radius 2 is 1.50 bits per heavy atom. The Kier molecular flexibility index (Phi) is 8.11. The summed E-state index contributed by atoms with van der Waals surface area (Å²) in [7, 11) is 1.64. The predicted molar refractivity (Wildman–Crippen MR) is 137 cm³/mol. The van der Waals surface area contributed by atoms with Crippen LogP contribution in [-0.4, -0.2) is 30.4 Å². The molecule has 0 bridgehead atoms. The number of rotatable bonds is 8. The van der Waals surface area contributed by atoms with Crippen LogP contribution in [0.3, 0.4) is 0 Å². The van der Waals surface area contributed by atoms with E-state index >= 15 is 0 Å². The number of benzene rings is 3. The SMILES string of the molecule is CN=C(N[C@@H](CCO)c1ccccc1F)OC(C)(C)C(C)(C)c1ccc(-c2ccccc2)cc1. The fourth-order valence-electron chi connectivity index (χ4n) is 3.91. The van der Waals surface area contributed by atoms with Crippen LogP contribution in [0.15, 0.2) is 83.9 Å². The normalized spacial score (nSPS) is 13.4. The van der Waals surface area contributed by atoms with E-state index in [2.05, 4.69) is 60.6 Å². The Bertz CT molecular complexity index is 1090. The average Bonchev–Trinajstić information content (AvgIpc) is 2.84. The van der Waals surface area contributed by atoms with Crippen LogP contribution in [0.2, 0.25) is 0 Å². The Hall–Kier alpha value is -3.18. The second-order valence-electron chi connectivity index (χ2n) is 9.44. The van der Waals surface area contributed by atoms with Crippen molar-refractivity contribution in [2.75, 3.05) is 13.7 Å². The number of ether oxygens (including phenoxy) is 1. The van der Waals surface area contributed by atoms with Crippen molar-refractivity contribution in [3.63, 3.8) is 0 Å². The van der Waals surface area contributed by atoms with Crippen molar-refractivity contribution >= 4 is 6.02 Å². The highest BCUT2D eigenvalue weighted by atomic mass is 19.1. The molecule has 0 fully saturated rings. The summed E-state index contributed by atoms with van der Waals surface area (Å²) in [5.74, 6) is -0.331. The van der Waals surface area contributed by atoms with Crippen molar-refractivity contribution in [1.29, 1.82) is 0 Å². The number of aliphatic hydroxyl groups excluding tert-OH is 1. The Labute approximate surface area is 202 Å². The molecule has 0 radical (unpaired) electrons. The molecular formula is C29H35FN2O2. The highest BCUT2D eigenvalue weighted by molar-refractivity contribution is 5.74. The highest BCUT2D eigenvalue weighted by Gasteiger charge is 2.41. The van der Waals surface area contributed by atoms with Gasteiger partial charge in [-0.1, -0.05) is 86.6 Å². The van der Waals surface area contributed by atoms with Gasteiger partial charge in [0.25, 0.3) is 6.02 Å². The van der Waals surface area contributed by atoms with Gasteiger partial charge in [-0.15, -0.1) is 0 Å². The van der Waals surface area contributed by atoms with Crippen LogP contribution in [-0.2, 0) is 10.2 Å². The first kappa shape index (κ1) is 25.4. The van der Waals surface area contributed by atoms with E-state index in [4.69, 9.17) is 4.74 Å². The molecular weight excluding hydrogens is 427 g/mol. The van der Waals surface area contributed by atoms with Crippen LogP contribution in [0, 0.1) is 5.82 Å². The Morgan fingerprint density at radius 3 is 2.09 bits per heavy atom. The van der Waals surface area contributed by atoms with E-state index in [0.29, 0.717) is 18.0 Å². The van der Waals surface area contributed by atoms with Gasteiger partial charge < -0.3 is 15.2 Å². The summed E-state index contributed by atoms with van der Waals surface area (Å²) in [6.45, 7) is 8.23. The zero-order valence-corrected chi connectivity index (χ0v) is 20.7. The van der Waals surface area contributed by atoms with E-state index in [-0.39, 0.29) is 17.8 Å². The van der Waals surface area contributed by atoms with Crippen molar-refractivity contribution < 1.29 is 14.2 Å². The third kappa shape index (κ3) is 5.65. The van der Waals surface area contributed by atoms with E-state index in [9.17, 15) is 9.50 Å². The monoisotopic (exact) mass is 462 g/mol. The standard InChI is InChI=1S/C29H35FN2O2/c1-28(2,23-17-15-22(16-18-23)21-11-7-6-8-12-21)29(3,4)34-27(31-5)32-26(19-20-33)24-13-9-10-14-25(24)30/h6-18,26,33H,19-20H2,1-5H3,(H,31,32)/t26-/m0/s1. The van der Waals surface area contributed by atoms with Crippen molar-refractivity contribution in [2.24, 2.45) is 4.99 Å². The van der Waals surface area contributed by atoms with Gasteiger partial charge >= 0.3 is 0 Å². The zero-order chi connectivity index (χ0) is 24.8. The maximum absolute atomic E-state index is 14.4. The first-order valence-corrected chi connectivity index (χ1v) is 11.6. The molecule has 34 heavy (non-hydrogen) atoms. The summed E-state index contributed by atoms with van der Waals surface area (Å²) in [6, 6.07) is 25.2. The van der Waals surface area contributed by atoms with E-state index in [0.717, 1.165) is 11.1 Å². The number of hydrogen-bond acceptors (Lipinski definition) is 3. The van der Waals surface area contributed by atoms with Gasteiger partial charge in [0, 0.05) is 24.6 Å². The van der Waals surface area contributed by atoms with E-state index in [1.807, 2.05) is 32.0 Å². The number of hydrogen-bond donors (Lipinski definition) is 2. The molecule has 0 spiro atoms. The predicted octanol–water partition coefficient (Wildman–Crippen LogP) is 6.26. The summed E-state index contributed by atoms with van der Waals surface area (Å²) < 4.78 is 20.8. The van der Waals surface area contributed by atoms with Crippen LogP contribution in [0.5, 0.6) is 0 Å². The van der Waals surface area contributed by atoms with Gasteiger partial charge in [0.05, 0.1) is 6.04 Å². The smallest absolute Gasteiger partial charge is 0.285 e. The third-order valence-corrected chi connectivity index (χ3v) is 6.77. The van der Waals surface area contributed by atoms with Gasteiger partial charge in [-0.25, -0.2) is 9.38 Å². The molecule has 180 valence electrons. The molecule has 3 rings (SSSR count). The topological polar surface area (TPSA) is 53.9 Å². The number of halogens is 1. The summed E-state index contributed by atoms with van der Waals surface area (Å²) in [4.78, 5) is 4.29. The lowest BCUT2D eigenvalue weighted by molar-refractivity contribution is 0.0173. The van der Waals surface area contributed by atoms with Gasteiger partial charge in [0.2, 0.25) is 0 Å². The summed E-state index contributed by atoms with van der Waals surface area (Å²) in [5, 5.41) is 12.7. The second-order valence-corrected chi connectivity index (χ2v) is 9.44. The largest absolute Gasteiger partial charge is 0.458 e. The molecule has 2 N–H and O–H groups in total. The van der Waals surface area contributed by atoms with Crippen LogP contribution in [0.4, 0.5) is 4.39 Å². The fraction of sp³-hybridized carbons (Fsp3) is 0.345. The third-order valence-electron chi connectivity index (χ3n) is 6.77. The Morgan fingerprint density at radius 1 is 0.912 bits per heavy atom. The van der Waals surface area contributed by atoms with Crippen molar-refractivity contribution in [3.8, 4) is 11.1 Å².